The molecule has 1 atom stereocenters. The lowest BCUT2D eigenvalue weighted by Crippen LogP contribution is -2.57. The summed E-state index contributed by atoms with van der Waals surface area (Å²) in [5.74, 6) is 0.199. The highest BCUT2D eigenvalue weighted by atomic mass is 16.5. The lowest BCUT2D eigenvalue weighted by atomic mass is 9.60. The second-order valence-corrected chi connectivity index (χ2v) is 6.12. The molecule has 2 fully saturated rings. The number of nitrogens with one attached hydrogen (secondary N) is 1. The largest absolute Gasteiger partial charge is 0.381 e. The highest BCUT2D eigenvalue weighted by Gasteiger charge is 2.47. The summed E-state index contributed by atoms with van der Waals surface area (Å²) in [5.41, 5.74) is 1.58. The summed E-state index contributed by atoms with van der Waals surface area (Å²) < 4.78 is 5.45. The van der Waals surface area contributed by atoms with Crippen LogP contribution >= 0.6 is 0 Å². The normalized spacial score (nSPS) is 24.1. The molecule has 1 aliphatic heterocycles. The van der Waals surface area contributed by atoms with Gasteiger partial charge in [-0.3, -0.25) is 4.79 Å². The Morgan fingerprint density at radius 2 is 1.95 bits per heavy atom. The van der Waals surface area contributed by atoms with Gasteiger partial charge in [0.2, 0.25) is 5.91 Å². The maximum atomic E-state index is 12.1. The van der Waals surface area contributed by atoms with Crippen LogP contribution in [0.3, 0.4) is 0 Å². The monoisotopic (exact) mass is 273 g/mol. The summed E-state index contributed by atoms with van der Waals surface area (Å²) in [6.07, 6.45) is 6.02. The van der Waals surface area contributed by atoms with Gasteiger partial charge in [0.05, 0.1) is 0 Å². The third-order valence-electron chi connectivity index (χ3n) is 4.98. The molecule has 1 saturated carbocycles. The molecule has 0 aromatic heterocycles. The number of aryl methyl sites for hydroxylation is 1. The van der Waals surface area contributed by atoms with E-state index in [9.17, 15) is 4.79 Å². The number of carbonyl (C=O) groups excluding carboxylic acids is 1. The molecule has 2 aliphatic rings. The van der Waals surface area contributed by atoms with E-state index in [0.717, 1.165) is 38.9 Å². The van der Waals surface area contributed by atoms with Gasteiger partial charge in [-0.1, -0.05) is 30.3 Å². The van der Waals surface area contributed by atoms with Crippen LogP contribution in [0.2, 0.25) is 0 Å². The Balaban J connectivity index is 1.47. The van der Waals surface area contributed by atoms with Gasteiger partial charge in [-0.05, 0) is 43.1 Å². The minimum Gasteiger partial charge on any atom is -0.381 e. The van der Waals surface area contributed by atoms with Gasteiger partial charge in [0.15, 0.2) is 0 Å². The predicted octanol–water partition coefficient (Wildman–Crippen LogP) is 2.69. The fourth-order valence-electron chi connectivity index (χ4n) is 3.47. The van der Waals surface area contributed by atoms with Crippen LogP contribution in [-0.2, 0) is 16.0 Å². The van der Waals surface area contributed by atoms with E-state index in [1.54, 1.807) is 0 Å². The Labute approximate surface area is 120 Å². The third kappa shape index (κ3) is 2.88. The van der Waals surface area contributed by atoms with Crippen molar-refractivity contribution in [1.29, 1.82) is 0 Å². The first-order valence-corrected chi connectivity index (χ1v) is 7.70. The third-order valence-corrected chi connectivity index (χ3v) is 4.98. The SMILES string of the molecule is O=C(CCc1ccccc1)NC1CCC12CCOCC2. The first-order valence-electron chi connectivity index (χ1n) is 7.70. The van der Waals surface area contributed by atoms with E-state index in [1.807, 2.05) is 18.2 Å². The zero-order valence-corrected chi connectivity index (χ0v) is 11.9. The number of hydrogen-bond donors (Lipinski definition) is 1. The number of benzene rings is 1. The van der Waals surface area contributed by atoms with Crippen LogP contribution in [0.5, 0.6) is 0 Å². The molecule has 1 aromatic carbocycles. The van der Waals surface area contributed by atoms with Crippen molar-refractivity contribution in [2.75, 3.05) is 13.2 Å². The summed E-state index contributed by atoms with van der Waals surface area (Å²) in [7, 11) is 0. The smallest absolute Gasteiger partial charge is 0.220 e. The summed E-state index contributed by atoms with van der Waals surface area (Å²) in [6.45, 7) is 1.72. The molecule has 3 heteroatoms. The quantitative estimate of drug-likeness (QED) is 0.916. The second kappa shape index (κ2) is 5.96. The molecule has 1 saturated heterocycles. The molecule has 0 bridgehead atoms. The lowest BCUT2D eigenvalue weighted by Gasteiger charge is -2.52. The molecule has 1 unspecified atom stereocenters. The van der Waals surface area contributed by atoms with Crippen LogP contribution in [0.25, 0.3) is 0 Å². The van der Waals surface area contributed by atoms with Gasteiger partial charge in [-0.25, -0.2) is 0 Å². The van der Waals surface area contributed by atoms with E-state index >= 15 is 0 Å². The van der Waals surface area contributed by atoms with Crippen LogP contribution in [-0.4, -0.2) is 25.2 Å². The standard InChI is InChI=1S/C17H23NO2/c19-16(7-6-14-4-2-1-3-5-14)18-15-8-9-17(15)10-12-20-13-11-17/h1-5,15H,6-13H2,(H,18,19). The predicted molar refractivity (Wildman–Crippen MR) is 78.4 cm³/mol. The number of hydrogen-bond acceptors (Lipinski definition) is 2. The minimum atomic E-state index is 0.199. The van der Waals surface area contributed by atoms with E-state index < -0.39 is 0 Å². The highest BCUT2D eigenvalue weighted by Crippen LogP contribution is 2.48. The van der Waals surface area contributed by atoms with Crippen molar-refractivity contribution in [3.05, 3.63) is 35.9 Å². The van der Waals surface area contributed by atoms with Gasteiger partial charge in [-0.15, -0.1) is 0 Å². The lowest BCUT2D eigenvalue weighted by molar-refractivity contribution is -0.127. The van der Waals surface area contributed by atoms with Crippen LogP contribution in [0, 0.1) is 5.41 Å². The topological polar surface area (TPSA) is 38.3 Å². The van der Waals surface area contributed by atoms with Crippen molar-refractivity contribution in [2.45, 2.75) is 44.6 Å². The molecule has 3 nitrogen and oxygen atoms in total. The summed E-state index contributed by atoms with van der Waals surface area (Å²) in [6, 6.07) is 10.6. The van der Waals surface area contributed by atoms with Crippen molar-refractivity contribution in [3.8, 4) is 0 Å². The first kappa shape index (κ1) is 13.6. The summed E-state index contributed by atoms with van der Waals surface area (Å²) >= 11 is 0. The molecule has 1 heterocycles. The number of carbonyl (C=O) groups is 1. The van der Waals surface area contributed by atoms with E-state index in [4.69, 9.17) is 4.74 Å². The molecule has 1 amide bonds. The molecule has 1 N–H and O–H groups in total. The second-order valence-electron chi connectivity index (χ2n) is 6.12. The minimum absolute atomic E-state index is 0.199. The van der Waals surface area contributed by atoms with Crippen LogP contribution in [0.4, 0.5) is 0 Å². The molecular formula is C17H23NO2. The van der Waals surface area contributed by atoms with E-state index in [-0.39, 0.29) is 5.91 Å². The summed E-state index contributed by atoms with van der Waals surface area (Å²) in [4.78, 5) is 12.1. The van der Waals surface area contributed by atoms with Crippen molar-refractivity contribution in [1.82, 2.24) is 5.32 Å². The molecule has 20 heavy (non-hydrogen) atoms. The van der Waals surface area contributed by atoms with E-state index in [2.05, 4.69) is 17.4 Å². The number of rotatable bonds is 4. The zero-order chi connectivity index (χ0) is 13.8. The Morgan fingerprint density at radius 3 is 2.60 bits per heavy atom. The average molecular weight is 273 g/mol. The molecule has 1 aromatic rings. The van der Waals surface area contributed by atoms with Crippen molar-refractivity contribution in [3.63, 3.8) is 0 Å². The van der Waals surface area contributed by atoms with Gasteiger partial charge < -0.3 is 10.1 Å². The maximum Gasteiger partial charge on any atom is 0.220 e. The maximum absolute atomic E-state index is 12.1. The number of amides is 1. The van der Waals surface area contributed by atoms with Crippen LogP contribution in [0.15, 0.2) is 30.3 Å². The number of ether oxygens (including phenoxy) is 1. The Morgan fingerprint density at radius 1 is 1.20 bits per heavy atom. The fourth-order valence-corrected chi connectivity index (χ4v) is 3.47. The fraction of sp³-hybridized carbons (Fsp3) is 0.588. The van der Waals surface area contributed by atoms with Crippen molar-refractivity contribution in [2.24, 2.45) is 5.41 Å². The van der Waals surface area contributed by atoms with E-state index in [0.29, 0.717) is 17.9 Å². The molecular weight excluding hydrogens is 250 g/mol. The Bertz CT molecular complexity index is 451. The molecule has 0 radical (unpaired) electrons. The first-order chi connectivity index (χ1) is 9.78. The van der Waals surface area contributed by atoms with Crippen molar-refractivity contribution >= 4 is 5.91 Å². The molecule has 108 valence electrons. The Kier molecular flexibility index (Phi) is 4.06. The van der Waals surface area contributed by atoms with Crippen LogP contribution < -0.4 is 5.32 Å². The van der Waals surface area contributed by atoms with E-state index in [1.165, 1.54) is 12.0 Å². The van der Waals surface area contributed by atoms with Gasteiger partial charge in [0.1, 0.15) is 0 Å². The van der Waals surface area contributed by atoms with Crippen molar-refractivity contribution < 1.29 is 9.53 Å². The van der Waals surface area contributed by atoms with Gasteiger partial charge in [0.25, 0.3) is 0 Å². The summed E-state index contributed by atoms with van der Waals surface area (Å²) in [5, 5.41) is 3.25. The average Bonchev–Trinajstić information content (AvgIpc) is 2.51. The van der Waals surface area contributed by atoms with Crippen LogP contribution in [0.1, 0.15) is 37.7 Å². The van der Waals surface area contributed by atoms with Gasteiger partial charge in [0, 0.05) is 25.7 Å². The zero-order valence-electron chi connectivity index (χ0n) is 11.9. The molecule has 1 spiro atoms. The molecule has 3 rings (SSSR count). The molecule has 1 aliphatic carbocycles. The highest BCUT2D eigenvalue weighted by molar-refractivity contribution is 5.76. The Hall–Kier alpha value is -1.35. The van der Waals surface area contributed by atoms with Gasteiger partial charge >= 0.3 is 0 Å². The van der Waals surface area contributed by atoms with Gasteiger partial charge in [-0.2, -0.15) is 0 Å².